The molecule has 1 aromatic carbocycles. The maximum atomic E-state index is 10.3. The highest BCUT2D eigenvalue weighted by Crippen LogP contribution is 2.49. The Hall–Kier alpha value is -0.980. The van der Waals surface area contributed by atoms with Gasteiger partial charge < -0.3 is 10.4 Å². The van der Waals surface area contributed by atoms with Crippen molar-refractivity contribution in [2.75, 3.05) is 5.32 Å². The molecule has 0 radical (unpaired) electrons. The van der Waals surface area contributed by atoms with Crippen LogP contribution in [0, 0.1) is 5.92 Å². The van der Waals surface area contributed by atoms with Gasteiger partial charge in [-0.15, -0.1) is 10.2 Å². The number of hydrogen-bond acceptors (Lipinski definition) is 5. The molecular formula is C18H24BrN3OS. The van der Waals surface area contributed by atoms with Crippen LogP contribution in [0.1, 0.15) is 51.5 Å². The van der Waals surface area contributed by atoms with E-state index in [1.165, 1.54) is 0 Å². The molecule has 130 valence electrons. The molecule has 3 rings (SSSR count). The Morgan fingerprint density at radius 1 is 1.29 bits per heavy atom. The van der Waals surface area contributed by atoms with E-state index in [4.69, 9.17) is 0 Å². The van der Waals surface area contributed by atoms with Crippen LogP contribution in [0.5, 0.6) is 0 Å². The van der Waals surface area contributed by atoms with Gasteiger partial charge in [0.05, 0.1) is 5.60 Å². The van der Waals surface area contributed by atoms with Crippen molar-refractivity contribution in [1.82, 2.24) is 10.2 Å². The Morgan fingerprint density at radius 3 is 2.62 bits per heavy atom. The zero-order valence-corrected chi connectivity index (χ0v) is 16.9. The highest BCUT2D eigenvalue weighted by atomic mass is 79.9. The maximum absolute atomic E-state index is 10.3. The molecule has 0 unspecified atom stereocenters. The lowest BCUT2D eigenvalue weighted by atomic mass is 9.66. The lowest BCUT2D eigenvalue weighted by Gasteiger charge is -2.42. The smallest absolute Gasteiger partial charge is 0.149 e. The maximum Gasteiger partial charge on any atom is 0.149 e. The van der Waals surface area contributed by atoms with Crippen molar-refractivity contribution in [2.45, 2.75) is 58.1 Å². The number of nitrogens with zero attached hydrogens (tertiary/aromatic N) is 2. The predicted octanol–water partition coefficient (Wildman–Crippen LogP) is 5.05. The van der Waals surface area contributed by atoms with Crippen LogP contribution in [0.25, 0.3) is 10.6 Å². The summed E-state index contributed by atoms with van der Waals surface area (Å²) in [6.45, 7) is 8.04. The number of anilines is 1. The number of hydrogen-bond donors (Lipinski definition) is 2. The van der Waals surface area contributed by atoms with Crippen molar-refractivity contribution in [3.63, 3.8) is 0 Å². The summed E-state index contributed by atoms with van der Waals surface area (Å²) in [5.74, 6) is 0.602. The van der Waals surface area contributed by atoms with Crippen LogP contribution < -0.4 is 5.32 Å². The minimum absolute atomic E-state index is 0.275. The first-order valence-electron chi connectivity index (χ1n) is 8.38. The van der Waals surface area contributed by atoms with Crippen LogP contribution in [0.2, 0.25) is 0 Å². The highest BCUT2D eigenvalue weighted by molar-refractivity contribution is 9.10. The van der Waals surface area contributed by atoms with Crippen molar-refractivity contribution < 1.29 is 5.11 Å². The third kappa shape index (κ3) is 3.65. The molecule has 2 aromatic rings. The van der Waals surface area contributed by atoms with Crippen LogP contribution in [0.15, 0.2) is 22.7 Å². The summed E-state index contributed by atoms with van der Waals surface area (Å²) >= 11 is 5.19. The monoisotopic (exact) mass is 409 g/mol. The SMILES string of the molecule is CC(C)Nc1cc(Br)ccc1-c1nnc([C@@H]2CC[C@H]2C(C)(C)O)s1. The topological polar surface area (TPSA) is 58.0 Å². The van der Waals surface area contributed by atoms with Crippen molar-refractivity contribution in [3.05, 3.63) is 27.7 Å². The standard InChI is InChI=1S/C18H24BrN3OS/c1-10(2)20-15-9-11(19)5-6-13(15)17-22-21-16(24-17)12-7-8-14(12)18(3,4)23/h5-6,9-10,12,14,20,23H,7-8H2,1-4H3/t12-,14-/m1/s1. The predicted molar refractivity (Wildman–Crippen MR) is 104 cm³/mol. The van der Waals surface area contributed by atoms with Crippen LogP contribution >= 0.6 is 27.3 Å². The summed E-state index contributed by atoms with van der Waals surface area (Å²) in [5, 5.41) is 24.6. The Kier molecular flexibility index (Phi) is 5.00. The Balaban J connectivity index is 1.89. The molecule has 0 amide bonds. The molecule has 6 heteroatoms. The first-order chi connectivity index (χ1) is 11.3. The third-order valence-electron chi connectivity index (χ3n) is 4.60. The van der Waals surface area contributed by atoms with E-state index < -0.39 is 5.60 Å². The average molecular weight is 410 g/mol. The second-order valence-electron chi connectivity index (χ2n) is 7.38. The van der Waals surface area contributed by atoms with Gasteiger partial charge in [0.1, 0.15) is 10.0 Å². The van der Waals surface area contributed by atoms with Gasteiger partial charge in [0.15, 0.2) is 0 Å². The lowest BCUT2D eigenvalue weighted by molar-refractivity contribution is -0.0326. The number of nitrogens with one attached hydrogen (secondary N) is 1. The summed E-state index contributed by atoms with van der Waals surface area (Å²) in [7, 11) is 0. The van der Waals surface area contributed by atoms with E-state index in [0.717, 1.165) is 38.6 Å². The van der Waals surface area contributed by atoms with Crippen molar-refractivity contribution >= 4 is 33.0 Å². The minimum atomic E-state index is -0.656. The molecule has 1 saturated carbocycles. The van der Waals surface area contributed by atoms with Crippen molar-refractivity contribution in [2.24, 2.45) is 5.92 Å². The minimum Gasteiger partial charge on any atom is -0.390 e. The number of aromatic nitrogens is 2. The van der Waals surface area contributed by atoms with Crippen LogP contribution in [-0.2, 0) is 0 Å². The van der Waals surface area contributed by atoms with E-state index in [-0.39, 0.29) is 5.92 Å². The average Bonchev–Trinajstić information content (AvgIpc) is 2.83. The number of aliphatic hydroxyl groups is 1. The number of benzene rings is 1. The van der Waals surface area contributed by atoms with E-state index in [9.17, 15) is 5.11 Å². The molecule has 4 nitrogen and oxygen atoms in total. The van der Waals surface area contributed by atoms with Crippen LogP contribution in [0.4, 0.5) is 5.69 Å². The molecule has 1 aromatic heterocycles. The van der Waals surface area contributed by atoms with Gasteiger partial charge in [-0.25, -0.2) is 0 Å². The van der Waals surface area contributed by atoms with Gasteiger partial charge in [0, 0.05) is 27.7 Å². The van der Waals surface area contributed by atoms with E-state index in [0.29, 0.717) is 12.0 Å². The van der Waals surface area contributed by atoms with Crippen molar-refractivity contribution in [3.8, 4) is 10.6 Å². The summed E-state index contributed by atoms with van der Waals surface area (Å²) in [6, 6.07) is 6.54. The molecule has 1 heterocycles. The van der Waals surface area contributed by atoms with Gasteiger partial charge in [0.2, 0.25) is 0 Å². The summed E-state index contributed by atoms with van der Waals surface area (Å²) in [6.07, 6.45) is 2.14. The largest absolute Gasteiger partial charge is 0.390 e. The zero-order valence-electron chi connectivity index (χ0n) is 14.5. The fourth-order valence-corrected chi connectivity index (χ4v) is 4.71. The molecule has 0 saturated heterocycles. The normalized spacial score (nSPS) is 21.0. The molecule has 0 aliphatic heterocycles. The molecule has 0 bridgehead atoms. The van der Waals surface area contributed by atoms with Gasteiger partial charge in [-0.3, -0.25) is 0 Å². The third-order valence-corrected chi connectivity index (χ3v) is 6.18. The van der Waals surface area contributed by atoms with Crippen LogP contribution in [-0.4, -0.2) is 26.9 Å². The number of rotatable bonds is 5. The van der Waals surface area contributed by atoms with Gasteiger partial charge in [-0.2, -0.15) is 0 Å². The molecule has 0 spiro atoms. The van der Waals surface area contributed by atoms with E-state index in [2.05, 4.69) is 57.4 Å². The van der Waals surface area contributed by atoms with Gasteiger partial charge >= 0.3 is 0 Å². The summed E-state index contributed by atoms with van der Waals surface area (Å²) < 4.78 is 1.04. The number of halogens is 1. The molecule has 2 atom stereocenters. The molecule has 24 heavy (non-hydrogen) atoms. The summed E-state index contributed by atoms with van der Waals surface area (Å²) in [5.41, 5.74) is 1.49. The van der Waals surface area contributed by atoms with Gasteiger partial charge in [-0.05, 0) is 64.7 Å². The van der Waals surface area contributed by atoms with Gasteiger partial charge in [-0.1, -0.05) is 27.3 Å². The lowest BCUT2D eigenvalue weighted by Crippen LogP contribution is -2.41. The van der Waals surface area contributed by atoms with Crippen LogP contribution in [0.3, 0.4) is 0 Å². The molecule has 1 aliphatic carbocycles. The summed E-state index contributed by atoms with van der Waals surface area (Å²) in [4.78, 5) is 0. The second-order valence-corrected chi connectivity index (χ2v) is 9.30. The van der Waals surface area contributed by atoms with Gasteiger partial charge in [0.25, 0.3) is 0 Å². The molecule has 2 N–H and O–H groups in total. The fraction of sp³-hybridized carbons (Fsp3) is 0.556. The van der Waals surface area contributed by atoms with Crippen molar-refractivity contribution in [1.29, 1.82) is 0 Å². The molecular weight excluding hydrogens is 386 g/mol. The first kappa shape index (κ1) is 17.8. The second kappa shape index (κ2) is 6.73. The van der Waals surface area contributed by atoms with E-state index >= 15 is 0 Å². The zero-order chi connectivity index (χ0) is 17.5. The quantitative estimate of drug-likeness (QED) is 0.724. The Bertz CT molecular complexity index is 723. The Labute approximate surface area is 155 Å². The Morgan fingerprint density at radius 2 is 2.04 bits per heavy atom. The van der Waals surface area contributed by atoms with E-state index in [1.54, 1.807) is 11.3 Å². The molecule has 1 fully saturated rings. The first-order valence-corrected chi connectivity index (χ1v) is 9.99. The highest BCUT2D eigenvalue weighted by Gasteiger charge is 2.43. The molecule has 1 aliphatic rings. The fourth-order valence-electron chi connectivity index (χ4n) is 3.27. The van der Waals surface area contributed by atoms with E-state index in [1.807, 2.05) is 19.9 Å².